The molecule has 86 valence electrons. The number of nitrogens with one attached hydrogen (secondary N) is 2. The van der Waals surface area contributed by atoms with Gasteiger partial charge in [-0.2, -0.15) is 13.2 Å². The van der Waals surface area contributed by atoms with Gasteiger partial charge in [-0.25, -0.2) is 5.48 Å². The second-order valence-corrected chi connectivity index (χ2v) is 2.33. The van der Waals surface area contributed by atoms with E-state index in [4.69, 9.17) is 0 Å². The van der Waals surface area contributed by atoms with Crippen LogP contribution in [0.15, 0.2) is 12.7 Å². The fourth-order valence-corrected chi connectivity index (χ4v) is 0.473. The average Bonchev–Trinajstić information content (AvgIpc) is 2.13. The van der Waals surface area contributed by atoms with Crippen molar-refractivity contribution in [1.82, 2.24) is 10.8 Å². The van der Waals surface area contributed by atoms with Crippen LogP contribution in [-0.4, -0.2) is 31.1 Å². The number of amides is 2. The number of hydroxylamine groups is 1. The smallest absolute Gasteiger partial charge is 0.339 e. The maximum absolute atomic E-state index is 11.6. The molecule has 0 saturated heterocycles. The Morgan fingerprint density at radius 3 is 2.40 bits per heavy atom. The van der Waals surface area contributed by atoms with E-state index in [-0.39, 0.29) is 6.61 Å². The van der Waals surface area contributed by atoms with Crippen LogP contribution in [0.3, 0.4) is 0 Å². The summed E-state index contributed by atoms with van der Waals surface area (Å²) in [5, 5.41) is 1.37. The Morgan fingerprint density at radius 1 is 1.33 bits per heavy atom. The lowest BCUT2D eigenvalue weighted by atomic mass is 10.5. The molecule has 0 spiro atoms. The highest BCUT2D eigenvalue weighted by atomic mass is 19.4. The first-order valence-corrected chi connectivity index (χ1v) is 3.74. The zero-order valence-electron chi connectivity index (χ0n) is 7.56. The van der Waals surface area contributed by atoms with Crippen molar-refractivity contribution in [3.05, 3.63) is 12.7 Å². The van der Waals surface area contributed by atoms with E-state index in [0.29, 0.717) is 0 Å². The number of alkyl halides is 3. The van der Waals surface area contributed by atoms with Crippen molar-refractivity contribution in [2.75, 3.05) is 13.2 Å². The van der Waals surface area contributed by atoms with Crippen LogP contribution >= 0.6 is 0 Å². The first-order chi connectivity index (χ1) is 6.87. The van der Waals surface area contributed by atoms with Gasteiger partial charge >= 0.3 is 18.0 Å². The first kappa shape index (κ1) is 13.4. The van der Waals surface area contributed by atoms with Crippen LogP contribution in [0.2, 0.25) is 0 Å². The Labute approximate surface area is 83.2 Å². The molecule has 0 fully saturated rings. The lowest BCUT2D eigenvalue weighted by Gasteiger charge is -2.07. The summed E-state index contributed by atoms with van der Waals surface area (Å²) in [6, 6.07) is 0. The highest BCUT2D eigenvalue weighted by Crippen LogP contribution is 2.11. The fourth-order valence-electron chi connectivity index (χ4n) is 0.473. The average molecular weight is 226 g/mol. The van der Waals surface area contributed by atoms with E-state index in [1.807, 2.05) is 0 Å². The molecule has 0 radical (unpaired) electrons. The number of carbonyl (C=O) groups is 2. The minimum atomic E-state index is -4.56. The molecule has 0 aromatic rings. The summed E-state index contributed by atoms with van der Waals surface area (Å²) in [5.74, 6) is -2.72. The highest BCUT2D eigenvalue weighted by molar-refractivity contribution is 6.34. The molecular formula is C7H9F3N2O3. The van der Waals surface area contributed by atoms with E-state index in [0.717, 1.165) is 0 Å². The van der Waals surface area contributed by atoms with Gasteiger partial charge in [-0.05, 0) is 0 Å². The minimum absolute atomic E-state index is 0.0573. The Hall–Kier alpha value is -1.57. The van der Waals surface area contributed by atoms with E-state index >= 15 is 0 Å². The predicted molar refractivity (Wildman–Crippen MR) is 43.4 cm³/mol. The van der Waals surface area contributed by atoms with Gasteiger partial charge in [0.1, 0.15) is 6.54 Å². The largest absolute Gasteiger partial charge is 0.405 e. The zero-order chi connectivity index (χ0) is 11.9. The molecule has 0 aliphatic rings. The molecule has 0 rings (SSSR count). The topological polar surface area (TPSA) is 67.4 Å². The summed E-state index contributed by atoms with van der Waals surface area (Å²) < 4.78 is 34.8. The summed E-state index contributed by atoms with van der Waals surface area (Å²) in [7, 11) is 0. The molecule has 2 amide bonds. The van der Waals surface area contributed by atoms with Gasteiger partial charge in [0.15, 0.2) is 0 Å². The molecule has 8 heteroatoms. The number of carbonyl (C=O) groups excluding carboxylic acids is 2. The second-order valence-electron chi connectivity index (χ2n) is 2.33. The van der Waals surface area contributed by atoms with Crippen molar-refractivity contribution < 1.29 is 27.6 Å². The van der Waals surface area contributed by atoms with Crippen molar-refractivity contribution >= 4 is 11.8 Å². The van der Waals surface area contributed by atoms with Gasteiger partial charge in [0.2, 0.25) is 0 Å². The number of halogens is 3. The van der Waals surface area contributed by atoms with Gasteiger partial charge < -0.3 is 5.32 Å². The fraction of sp³-hybridized carbons (Fsp3) is 0.429. The zero-order valence-corrected chi connectivity index (χ0v) is 7.56. The molecule has 0 unspecified atom stereocenters. The number of hydrogen-bond donors (Lipinski definition) is 2. The monoisotopic (exact) mass is 226 g/mol. The van der Waals surface area contributed by atoms with Gasteiger partial charge in [-0.3, -0.25) is 14.4 Å². The molecule has 0 aromatic carbocycles. The van der Waals surface area contributed by atoms with Gasteiger partial charge in [0, 0.05) is 0 Å². The van der Waals surface area contributed by atoms with Gasteiger partial charge in [0.05, 0.1) is 6.61 Å². The minimum Gasteiger partial charge on any atom is -0.339 e. The first-order valence-electron chi connectivity index (χ1n) is 3.74. The molecule has 0 heterocycles. The van der Waals surface area contributed by atoms with E-state index in [9.17, 15) is 22.8 Å². The van der Waals surface area contributed by atoms with Gasteiger partial charge in [0.25, 0.3) is 0 Å². The van der Waals surface area contributed by atoms with Crippen molar-refractivity contribution in [2.24, 2.45) is 0 Å². The van der Waals surface area contributed by atoms with E-state index < -0.39 is 24.5 Å². The molecule has 0 saturated carbocycles. The highest BCUT2D eigenvalue weighted by Gasteiger charge is 2.29. The molecule has 15 heavy (non-hydrogen) atoms. The third-order valence-electron chi connectivity index (χ3n) is 1.02. The van der Waals surface area contributed by atoms with E-state index in [1.165, 1.54) is 11.4 Å². The molecule has 5 nitrogen and oxygen atoms in total. The summed E-state index contributed by atoms with van der Waals surface area (Å²) in [4.78, 5) is 25.7. The molecule has 0 atom stereocenters. The molecule has 0 aromatic heterocycles. The Kier molecular flexibility index (Phi) is 5.39. The number of hydrogen-bond acceptors (Lipinski definition) is 3. The van der Waals surface area contributed by atoms with Crippen molar-refractivity contribution in [2.45, 2.75) is 6.18 Å². The van der Waals surface area contributed by atoms with Crippen LogP contribution in [-0.2, 0) is 14.4 Å². The SMILES string of the molecule is C=CCONC(=O)C(=O)NCC(F)(F)F. The van der Waals surface area contributed by atoms with E-state index in [1.54, 1.807) is 5.48 Å². The van der Waals surface area contributed by atoms with Crippen molar-refractivity contribution in [3.63, 3.8) is 0 Å². The molecule has 0 bridgehead atoms. The molecule has 0 aliphatic heterocycles. The van der Waals surface area contributed by atoms with Gasteiger partial charge in [-0.15, -0.1) is 6.58 Å². The van der Waals surface area contributed by atoms with Crippen LogP contribution in [0.4, 0.5) is 13.2 Å². The third-order valence-corrected chi connectivity index (χ3v) is 1.02. The van der Waals surface area contributed by atoms with Crippen LogP contribution in [0.1, 0.15) is 0 Å². The Balaban J connectivity index is 3.80. The van der Waals surface area contributed by atoms with Crippen molar-refractivity contribution in [1.29, 1.82) is 0 Å². The Morgan fingerprint density at radius 2 is 1.93 bits per heavy atom. The lowest BCUT2D eigenvalue weighted by Crippen LogP contribution is -2.43. The number of rotatable bonds is 4. The standard InChI is InChI=1S/C7H9F3N2O3/c1-2-3-15-12-6(14)5(13)11-4-7(8,9)10/h2H,1,3-4H2,(H,11,13)(H,12,14). The van der Waals surface area contributed by atoms with Crippen LogP contribution < -0.4 is 10.8 Å². The molecule has 0 aliphatic carbocycles. The second kappa shape index (κ2) is 6.02. The predicted octanol–water partition coefficient (Wildman–Crippen LogP) is -0.101. The molecular weight excluding hydrogens is 217 g/mol. The van der Waals surface area contributed by atoms with Crippen LogP contribution in [0.25, 0.3) is 0 Å². The summed E-state index contributed by atoms with van der Waals surface area (Å²) in [6.07, 6.45) is -3.27. The Bertz CT molecular complexity index is 252. The maximum atomic E-state index is 11.6. The normalized spacial score (nSPS) is 10.6. The maximum Gasteiger partial charge on any atom is 0.405 e. The quantitative estimate of drug-likeness (QED) is 0.304. The van der Waals surface area contributed by atoms with Crippen LogP contribution in [0.5, 0.6) is 0 Å². The van der Waals surface area contributed by atoms with Crippen LogP contribution in [0, 0.1) is 0 Å². The molecule has 2 N–H and O–H groups in total. The van der Waals surface area contributed by atoms with Crippen molar-refractivity contribution in [3.8, 4) is 0 Å². The summed E-state index contributed by atoms with van der Waals surface area (Å²) >= 11 is 0. The van der Waals surface area contributed by atoms with E-state index in [2.05, 4.69) is 11.4 Å². The van der Waals surface area contributed by atoms with Gasteiger partial charge in [-0.1, -0.05) is 6.08 Å². The lowest BCUT2D eigenvalue weighted by molar-refractivity contribution is -0.151. The summed E-state index contributed by atoms with van der Waals surface area (Å²) in [6.45, 7) is 1.62. The third kappa shape index (κ3) is 7.50. The summed E-state index contributed by atoms with van der Waals surface area (Å²) in [5.41, 5.74) is 1.63.